The second-order valence-electron chi connectivity index (χ2n) is 4.14. The summed E-state index contributed by atoms with van der Waals surface area (Å²) in [4.78, 5) is 11.3. The molecule has 74 valence electrons. The van der Waals surface area contributed by atoms with Crippen molar-refractivity contribution in [3.63, 3.8) is 0 Å². The Morgan fingerprint density at radius 3 is 2.36 bits per heavy atom. The van der Waals surface area contributed by atoms with Gasteiger partial charge >= 0.3 is 0 Å². The molecule has 2 heteroatoms. The van der Waals surface area contributed by atoms with Gasteiger partial charge in [-0.15, -0.1) is 0 Å². The molecule has 0 spiro atoms. The Morgan fingerprint density at radius 2 is 1.93 bits per heavy atom. The topological polar surface area (TPSA) is 17.1 Å². The van der Waals surface area contributed by atoms with Crippen molar-refractivity contribution in [2.45, 2.75) is 26.2 Å². The summed E-state index contributed by atoms with van der Waals surface area (Å²) >= 11 is 0. The van der Waals surface area contributed by atoms with Crippen molar-refractivity contribution in [1.82, 2.24) is 0 Å². The first-order valence-electron chi connectivity index (χ1n) is 4.88. The first-order chi connectivity index (χ1) is 6.62. The minimum Gasteiger partial charge on any atom is -0.299 e. The van der Waals surface area contributed by atoms with E-state index in [1.54, 1.807) is 19.1 Å². The molecule has 0 atom stereocenters. The number of benzene rings is 1. The van der Waals surface area contributed by atoms with E-state index in [4.69, 9.17) is 0 Å². The molecule has 0 saturated heterocycles. The summed E-state index contributed by atoms with van der Waals surface area (Å²) in [5.41, 5.74) is 0.941. The van der Waals surface area contributed by atoms with E-state index < -0.39 is 0 Å². The van der Waals surface area contributed by atoms with Crippen molar-refractivity contribution < 1.29 is 9.18 Å². The van der Waals surface area contributed by atoms with Crippen LogP contribution in [0.15, 0.2) is 24.3 Å². The van der Waals surface area contributed by atoms with Gasteiger partial charge in [-0.2, -0.15) is 0 Å². The Kier molecular flexibility index (Phi) is 2.14. The monoisotopic (exact) mass is 192 g/mol. The first-order valence-corrected chi connectivity index (χ1v) is 4.88. The molecule has 0 aromatic heterocycles. The maximum absolute atomic E-state index is 12.6. The lowest BCUT2D eigenvalue weighted by atomic mass is 9.93. The van der Waals surface area contributed by atoms with E-state index in [0.717, 1.165) is 24.8 Å². The first kappa shape index (κ1) is 9.38. The second-order valence-corrected chi connectivity index (χ2v) is 4.14. The van der Waals surface area contributed by atoms with Crippen LogP contribution < -0.4 is 0 Å². The van der Waals surface area contributed by atoms with Crippen LogP contribution in [0.25, 0.3) is 0 Å². The van der Waals surface area contributed by atoms with E-state index >= 15 is 0 Å². The summed E-state index contributed by atoms with van der Waals surface area (Å²) in [5, 5.41) is 0. The Balaban J connectivity index is 2.11. The normalized spacial score (nSPS) is 17.9. The molecule has 1 saturated carbocycles. The zero-order chi connectivity index (χ0) is 10.2. The number of carbonyl (C=O) groups excluding carboxylic acids is 1. The number of ketones is 1. The van der Waals surface area contributed by atoms with Crippen molar-refractivity contribution >= 4 is 5.78 Å². The maximum Gasteiger partial charge on any atom is 0.136 e. The van der Waals surface area contributed by atoms with Gasteiger partial charge in [0, 0.05) is 5.41 Å². The van der Waals surface area contributed by atoms with Crippen LogP contribution in [0.1, 0.15) is 25.3 Å². The van der Waals surface area contributed by atoms with E-state index in [9.17, 15) is 9.18 Å². The van der Waals surface area contributed by atoms with Crippen LogP contribution in [-0.2, 0) is 11.2 Å². The van der Waals surface area contributed by atoms with Crippen molar-refractivity contribution in [2.75, 3.05) is 0 Å². The highest BCUT2D eigenvalue weighted by atomic mass is 19.1. The standard InChI is InChI=1S/C12H13FO/c1-9(14)12(6-7-12)8-10-2-4-11(13)5-3-10/h2-5H,6-8H2,1H3. The van der Waals surface area contributed by atoms with E-state index in [-0.39, 0.29) is 17.0 Å². The Bertz CT molecular complexity index is 349. The van der Waals surface area contributed by atoms with Gasteiger partial charge in [0.15, 0.2) is 0 Å². The lowest BCUT2D eigenvalue weighted by Crippen LogP contribution is -2.14. The Hall–Kier alpha value is -1.18. The summed E-state index contributed by atoms with van der Waals surface area (Å²) in [6.45, 7) is 1.65. The summed E-state index contributed by atoms with van der Waals surface area (Å²) in [6.07, 6.45) is 2.74. The predicted octanol–water partition coefficient (Wildman–Crippen LogP) is 2.74. The molecule has 1 fully saturated rings. The molecule has 1 nitrogen and oxygen atoms in total. The molecule has 1 aromatic rings. The van der Waals surface area contributed by atoms with Gasteiger partial charge in [-0.25, -0.2) is 4.39 Å². The van der Waals surface area contributed by atoms with Crippen molar-refractivity contribution in [2.24, 2.45) is 5.41 Å². The van der Waals surface area contributed by atoms with Gasteiger partial charge in [0.05, 0.1) is 0 Å². The largest absolute Gasteiger partial charge is 0.299 e. The molecule has 0 aliphatic heterocycles. The zero-order valence-electron chi connectivity index (χ0n) is 8.22. The average Bonchev–Trinajstić information content (AvgIpc) is 2.90. The van der Waals surface area contributed by atoms with Gasteiger partial charge in [0.2, 0.25) is 0 Å². The van der Waals surface area contributed by atoms with Crippen LogP contribution in [-0.4, -0.2) is 5.78 Å². The summed E-state index contributed by atoms with van der Waals surface area (Å²) < 4.78 is 12.6. The highest BCUT2D eigenvalue weighted by Crippen LogP contribution is 2.49. The van der Waals surface area contributed by atoms with Crippen LogP contribution in [0.4, 0.5) is 4.39 Å². The molecule has 0 bridgehead atoms. The molecule has 0 radical (unpaired) electrons. The number of carbonyl (C=O) groups is 1. The minimum atomic E-state index is -0.221. The fraction of sp³-hybridized carbons (Fsp3) is 0.417. The highest BCUT2D eigenvalue weighted by Gasteiger charge is 2.46. The number of halogens is 1. The lowest BCUT2D eigenvalue weighted by molar-refractivity contribution is -0.121. The number of hydrogen-bond donors (Lipinski definition) is 0. The molecular weight excluding hydrogens is 179 g/mol. The van der Waals surface area contributed by atoms with Gasteiger partial charge < -0.3 is 0 Å². The van der Waals surface area contributed by atoms with Crippen LogP contribution in [0.2, 0.25) is 0 Å². The smallest absolute Gasteiger partial charge is 0.136 e. The fourth-order valence-electron chi connectivity index (χ4n) is 1.80. The molecule has 1 aromatic carbocycles. The maximum atomic E-state index is 12.6. The second kappa shape index (κ2) is 3.19. The van der Waals surface area contributed by atoms with E-state index in [0.29, 0.717) is 0 Å². The van der Waals surface area contributed by atoms with Crippen molar-refractivity contribution in [3.05, 3.63) is 35.6 Å². The fourth-order valence-corrected chi connectivity index (χ4v) is 1.80. The molecule has 2 rings (SSSR count). The number of hydrogen-bond acceptors (Lipinski definition) is 1. The third-order valence-corrected chi connectivity index (χ3v) is 3.06. The van der Waals surface area contributed by atoms with Crippen molar-refractivity contribution in [3.8, 4) is 0 Å². The van der Waals surface area contributed by atoms with E-state index in [1.165, 1.54) is 12.1 Å². The molecule has 1 aliphatic carbocycles. The molecule has 0 unspecified atom stereocenters. The van der Waals surface area contributed by atoms with E-state index in [2.05, 4.69) is 0 Å². The molecule has 0 amide bonds. The summed E-state index contributed by atoms with van der Waals surface area (Å²) in [6, 6.07) is 6.42. The Morgan fingerprint density at radius 1 is 1.36 bits per heavy atom. The lowest BCUT2D eigenvalue weighted by Gasteiger charge is -2.10. The van der Waals surface area contributed by atoms with Gasteiger partial charge in [-0.05, 0) is 43.9 Å². The van der Waals surface area contributed by atoms with E-state index in [1.807, 2.05) is 0 Å². The third-order valence-electron chi connectivity index (χ3n) is 3.06. The Labute approximate surface area is 82.9 Å². The van der Waals surface area contributed by atoms with Crippen LogP contribution in [0.5, 0.6) is 0 Å². The molecule has 1 aliphatic rings. The van der Waals surface area contributed by atoms with Crippen LogP contribution in [0, 0.1) is 11.2 Å². The SMILES string of the molecule is CC(=O)C1(Cc2ccc(F)cc2)CC1. The molecule has 0 N–H and O–H groups in total. The summed E-state index contributed by atoms with van der Waals surface area (Å²) in [5.74, 6) is 0.0447. The van der Waals surface area contributed by atoms with Crippen molar-refractivity contribution in [1.29, 1.82) is 0 Å². The van der Waals surface area contributed by atoms with Gasteiger partial charge in [-0.3, -0.25) is 4.79 Å². The average molecular weight is 192 g/mol. The molecular formula is C12H13FO. The quantitative estimate of drug-likeness (QED) is 0.719. The minimum absolute atomic E-state index is 0.113. The number of rotatable bonds is 3. The van der Waals surface area contributed by atoms with Gasteiger partial charge in [0.25, 0.3) is 0 Å². The molecule has 0 heterocycles. The van der Waals surface area contributed by atoms with Crippen LogP contribution in [0.3, 0.4) is 0 Å². The highest BCUT2D eigenvalue weighted by molar-refractivity contribution is 5.85. The zero-order valence-corrected chi connectivity index (χ0v) is 8.22. The number of Topliss-reactive ketones (excluding diaryl/α,β-unsaturated/α-hetero) is 1. The van der Waals surface area contributed by atoms with Gasteiger partial charge in [0.1, 0.15) is 11.6 Å². The summed E-state index contributed by atoms with van der Waals surface area (Å²) in [7, 11) is 0. The molecule has 14 heavy (non-hydrogen) atoms. The predicted molar refractivity (Wildman–Crippen MR) is 52.5 cm³/mol. The van der Waals surface area contributed by atoms with Gasteiger partial charge in [-0.1, -0.05) is 12.1 Å². The van der Waals surface area contributed by atoms with Crippen LogP contribution >= 0.6 is 0 Å². The third kappa shape index (κ3) is 1.69.